The van der Waals surface area contributed by atoms with E-state index >= 15 is 0 Å². The van der Waals surface area contributed by atoms with Crippen LogP contribution in [0.1, 0.15) is 77.1 Å². The van der Waals surface area contributed by atoms with Crippen LogP contribution in [-0.4, -0.2) is 8.80 Å². The molecule has 0 nitrogen and oxygen atoms in total. The molecular weight excluding hydrogens is 599 g/mol. The number of allylic oxidation sites excluding steroid dienone is 4. The molecule has 0 spiro atoms. The Kier molecular flexibility index (Phi) is 12.7. The maximum absolute atomic E-state index is 2.43. The molecular formula is C34H44Cl2SiZr. The van der Waals surface area contributed by atoms with Gasteiger partial charge < -0.3 is 24.8 Å². The molecule has 5 rings (SSSR count). The van der Waals surface area contributed by atoms with E-state index in [4.69, 9.17) is 0 Å². The molecule has 0 unspecified atom stereocenters. The smallest absolute Gasteiger partial charge is 1.00 e. The molecule has 4 heteroatoms. The van der Waals surface area contributed by atoms with Crippen LogP contribution in [0, 0.1) is 6.92 Å². The van der Waals surface area contributed by atoms with Crippen molar-refractivity contribution in [1.29, 1.82) is 0 Å². The molecule has 0 amide bonds. The van der Waals surface area contributed by atoms with Crippen LogP contribution in [-0.2, 0) is 44.5 Å². The minimum atomic E-state index is -0.190. The van der Waals surface area contributed by atoms with Crippen molar-refractivity contribution in [3.8, 4) is 11.1 Å². The predicted octanol–water partition coefficient (Wildman–Crippen LogP) is 4.12. The fraction of sp³-hybridized carbons (Fsp3) is 0.441. The number of benzene rings is 2. The standard InChI is InChI=1S/C23H25.C11H19Si.2ClH.Zr/c1-15-12-18-14-17-6-5-7-20(17)22(21(18)13-15)16-8-10-19(11-9-16)23(2,3)4;1-7-8(2)10(4)11(9(7)3)12(5)6;;;/h8-14H,5-7H2,1-4H3;11H,1-6H3;2*1H;/q-1;;;;+3/p-2. The maximum atomic E-state index is 2.43. The molecule has 0 atom stereocenters. The minimum absolute atomic E-state index is 0. The van der Waals surface area contributed by atoms with Crippen LogP contribution in [0.15, 0.2) is 64.8 Å². The van der Waals surface area contributed by atoms with Crippen LogP contribution in [0.3, 0.4) is 0 Å². The molecule has 202 valence electrons. The topological polar surface area (TPSA) is 0 Å². The predicted molar refractivity (Wildman–Crippen MR) is 158 cm³/mol. The number of hydrogen-bond acceptors (Lipinski definition) is 0. The van der Waals surface area contributed by atoms with Crippen molar-refractivity contribution in [2.24, 2.45) is 0 Å². The third-order valence-corrected chi connectivity index (χ3v) is 10.5. The average molecular weight is 643 g/mol. The number of aryl methyl sites for hydroxylation is 2. The quantitative estimate of drug-likeness (QED) is 0.292. The first-order valence-electron chi connectivity index (χ1n) is 13.4. The first-order chi connectivity index (χ1) is 16.4. The number of rotatable bonds is 2. The van der Waals surface area contributed by atoms with Crippen LogP contribution in [0.5, 0.6) is 0 Å². The van der Waals surface area contributed by atoms with Crippen molar-refractivity contribution in [1.82, 2.24) is 0 Å². The summed E-state index contributed by atoms with van der Waals surface area (Å²) in [5.41, 5.74) is 16.2. The van der Waals surface area contributed by atoms with Gasteiger partial charge in [-0.05, 0) is 80.2 Å². The maximum Gasteiger partial charge on any atom is 3.00 e. The summed E-state index contributed by atoms with van der Waals surface area (Å²) in [6.07, 6.45) is 3.77. The Labute approximate surface area is 265 Å². The number of halogens is 2. The number of fused-ring (bicyclic) bond motifs is 2. The summed E-state index contributed by atoms with van der Waals surface area (Å²) in [5, 5.41) is 2.85. The molecule has 0 bridgehead atoms. The monoisotopic (exact) mass is 640 g/mol. The third-order valence-electron chi connectivity index (χ3n) is 8.46. The fourth-order valence-electron chi connectivity index (χ4n) is 6.26. The van der Waals surface area contributed by atoms with Gasteiger partial charge in [-0.1, -0.05) is 92.9 Å². The summed E-state index contributed by atoms with van der Waals surface area (Å²) in [6.45, 7) is 23.0. The van der Waals surface area contributed by atoms with Crippen LogP contribution in [0.25, 0.3) is 21.9 Å². The van der Waals surface area contributed by atoms with E-state index in [1.54, 1.807) is 33.4 Å². The Morgan fingerprint density at radius 1 is 0.816 bits per heavy atom. The third kappa shape index (κ3) is 6.91. The Balaban J connectivity index is 0.000000417. The largest absolute Gasteiger partial charge is 3.00 e. The Morgan fingerprint density at radius 2 is 1.37 bits per heavy atom. The van der Waals surface area contributed by atoms with E-state index in [2.05, 4.69) is 111 Å². The molecule has 0 aromatic heterocycles. The van der Waals surface area contributed by atoms with E-state index in [0.717, 1.165) is 5.54 Å². The number of hydrogen-bond donors (Lipinski definition) is 0. The zero-order chi connectivity index (χ0) is 25.7. The van der Waals surface area contributed by atoms with Gasteiger partial charge in [0, 0.05) is 0 Å². The normalized spacial score (nSPS) is 15.1. The van der Waals surface area contributed by atoms with Crippen molar-refractivity contribution >= 4 is 19.6 Å². The zero-order valence-electron chi connectivity index (χ0n) is 25.0. The minimum Gasteiger partial charge on any atom is -1.00 e. The summed E-state index contributed by atoms with van der Waals surface area (Å²) in [6, 6.07) is 16.4. The van der Waals surface area contributed by atoms with E-state index in [0.29, 0.717) is 0 Å². The molecule has 0 heterocycles. The molecule has 2 aliphatic rings. The van der Waals surface area contributed by atoms with Gasteiger partial charge in [0.1, 0.15) is 0 Å². The first-order valence-corrected chi connectivity index (χ1v) is 16.0. The van der Waals surface area contributed by atoms with E-state index in [9.17, 15) is 0 Å². The van der Waals surface area contributed by atoms with Gasteiger partial charge in [0.25, 0.3) is 0 Å². The molecule has 3 aromatic rings. The molecule has 0 saturated carbocycles. The molecule has 3 aromatic carbocycles. The van der Waals surface area contributed by atoms with Crippen molar-refractivity contribution in [2.75, 3.05) is 0 Å². The second kappa shape index (κ2) is 13.7. The Bertz CT molecular complexity index is 1290. The van der Waals surface area contributed by atoms with E-state index in [1.807, 2.05) is 0 Å². The fourth-order valence-corrected chi connectivity index (χ4v) is 8.42. The molecule has 0 N–H and O–H groups in total. The molecule has 0 aliphatic heterocycles. The summed E-state index contributed by atoms with van der Waals surface area (Å²) >= 11 is 0. The molecule has 0 saturated heterocycles. The second-order valence-electron chi connectivity index (χ2n) is 12.2. The zero-order valence-corrected chi connectivity index (χ0v) is 30.0. The van der Waals surface area contributed by atoms with Gasteiger partial charge in [-0.25, -0.2) is 0 Å². The van der Waals surface area contributed by atoms with Crippen molar-refractivity contribution < 1.29 is 51.0 Å². The van der Waals surface area contributed by atoms with Crippen LogP contribution >= 0.6 is 0 Å². The van der Waals surface area contributed by atoms with Gasteiger partial charge in [-0.3, -0.25) is 0 Å². The van der Waals surface area contributed by atoms with Gasteiger partial charge in [0.05, 0.1) is 8.80 Å². The summed E-state index contributed by atoms with van der Waals surface area (Å²) < 4.78 is 0. The van der Waals surface area contributed by atoms with Gasteiger partial charge in [0.2, 0.25) is 0 Å². The van der Waals surface area contributed by atoms with Crippen molar-refractivity contribution in [3.05, 3.63) is 87.0 Å². The van der Waals surface area contributed by atoms with E-state index < -0.39 is 0 Å². The first kappa shape index (κ1) is 35.2. The summed E-state index contributed by atoms with van der Waals surface area (Å²) in [7, 11) is -0.190. The van der Waals surface area contributed by atoms with Crippen LogP contribution < -0.4 is 24.8 Å². The molecule has 2 radical (unpaired) electrons. The van der Waals surface area contributed by atoms with Crippen molar-refractivity contribution in [3.63, 3.8) is 0 Å². The SMILES string of the molecule is CC1=C(C)C([Si](C)C)C(C)=C1C.Cc1cc2c(-c3ccc(C(C)(C)C)cc3)c3c(cc2[cH-]1)CCC3.[Cl-].[Cl-].[Zr+3]. The second-order valence-corrected chi connectivity index (χ2v) is 15.0. The van der Waals surface area contributed by atoms with Crippen molar-refractivity contribution in [2.45, 2.75) is 98.7 Å². The van der Waals surface area contributed by atoms with Gasteiger partial charge in [-0.15, -0.1) is 28.5 Å². The van der Waals surface area contributed by atoms with Gasteiger partial charge in [0.15, 0.2) is 0 Å². The molecule has 38 heavy (non-hydrogen) atoms. The summed E-state index contributed by atoms with van der Waals surface area (Å²) in [4.78, 5) is 0. The molecule has 0 fully saturated rings. The molecule has 2 aliphatic carbocycles. The van der Waals surface area contributed by atoms with Gasteiger partial charge >= 0.3 is 26.2 Å². The Hall–Kier alpha value is -0.790. The van der Waals surface area contributed by atoms with E-state index in [1.165, 1.54) is 52.3 Å². The van der Waals surface area contributed by atoms with Crippen LogP contribution in [0.4, 0.5) is 0 Å². The summed E-state index contributed by atoms with van der Waals surface area (Å²) in [5.74, 6) is 0. The van der Waals surface area contributed by atoms with E-state index in [-0.39, 0.29) is 65.2 Å². The average Bonchev–Trinajstić information content (AvgIpc) is 3.45. The Morgan fingerprint density at radius 3 is 1.84 bits per heavy atom. The van der Waals surface area contributed by atoms with Gasteiger partial charge in [-0.2, -0.15) is 6.07 Å². The van der Waals surface area contributed by atoms with Crippen LogP contribution in [0.2, 0.25) is 18.6 Å².